The van der Waals surface area contributed by atoms with Gasteiger partial charge in [0.05, 0.1) is 6.54 Å². The third-order valence-corrected chi connectivity index (χ3v) is 2.67. The summed E-state index contributed by atoms with van der Waals surface area (Å²) in [5.41, 5.74) is 5.87. The summed E-state index contributed by atoms with van der Waals surface area (Å²) in [6.45, 7) is 3.70. The Morgan fingerprint density at radius 3 is 2.77 bits per heavy atom. The van der Waals surface area contributed by atoms with Crippen molar-refractivity contribution in [1.29, 1.82) is 0 Å². The Labute approximate surface area is 79.2 Å². The van der Waals surface area contributed by atoms with Crippen molar-refractivity contribution in [3.63, 3.8) is 0 Å². The molecule has 4 nitrogen and oxygen atoms in total. The van der Waals surface area contributed by atoms with Gasteiger partial charge in [-0.05, 0) is 24.7 Å². The van der Waals surface area contributed by atoms with Crippen LogP contribution in [-0.2, 0) is 0 Å². The fraction of sp³-hybridized carbons (Fsp3) is 0.889. The molecule has 4 N–H and O–H groups in total. The largest absolute Gasteiger partial charge is 0.409 e. The molecule has 0 atom stereocenters. The lowest BCUT2D eigenvalue weighted by atomic mass is 10.0. The second-order valence-electron chi connectivity index (χ2n) is 3.94. The van der Waals surface area contributed by atoms with Gasteiger partial charge in [0, 0.05) is 6.54 Å². The molecule has 0 saturated heterocycles. The standard InChI is InChI=1S/C9H19N3O/c1-2-3-9(4-5-9)7-11-6-8(10)12-13/h11,13H,2-7H2,1H3,(H2,10,12). The Morgan fingerprint density at radius 1 is 1.62 bits per heavy atom. The highest BCUT2D eigenvalue weighted by Gasteiger charge is 2.40. The monoisotopic (exact) mass is 185 g/mol. The topological polar surface area (TPSA) is 70.6 Å². The molecule has 0 unspecified atom stereocenters. The molecular formula is C9H19N3O. The molecule has 4 heteroatoms. The fourth-order valence-corrected chi connectivity index (χ4v) is 1.71. The second kappa shape index (κ2) is 4.46. The Kier molecular flexibility index (Phi) is 3.54. The molecule has 1 aliphatic rings. The van der Waals surface area contributed by atoms with Gasteiger partial charge >= 0.3 is 0 Å². The van der Waals surface area contributed by atoms with Crippen molar-refractivity contribution in [2.45, 2.75) is 32.6 Å². The molecule has 1 saturated carbocycles. The highest BCUT2D eigenvalue weighted by molar-refractivity contribution is 5.81. The van der Waals surface area contributed by atoms with E-state index in [4.69, 9.17) is 10.9 Å². The van der Waals surface area contributed by atoms with Crippen LogP contribution in [-0.4, -0.2) is 24.1 Å². The van der Waals surface area contributed by atoms with Crippen molar-refractivity contribution in [2.24, 2.45) is 16.3 Å². The molecule has 0 spiro atoms. The maximum atomic E-state index is 8.31. The van der Waals surface area contributed by atoms with E-state index >= 15 is 0 Å². The van der Waals surface area contributed by atoms with E-state index in [2.05, 4.69) is 17.4 Å². The van der Waals surface area contributed by atoms with Gasteiger partial charge in [0.1, 0.15) is 0 Å². The lowest BCUT2D eigenvalue weighted by Gasteiger charge is -2.14. The van der Waals surface area contributed by atoms with Gasteiger partial charge < -0.3 is 16.3 Å². The van der Waals surface area contributed by atoms with Crippen molar-refractivity contribution in [2.75, 3.05) is 13.1 Å². The molecule has 0 bridgehead atoms. The third-order valence-electron chi connectivity index (χ3n) is 2.67. The van der Waals surface area contributed by atoms with Crippen molar-refractivity contribution < 1.29 is 5.21 Å². The minimum Gasteiger partial charge on any atom is -0.409 e. The fourth-order valence-electron chi connectivity index (χ4n) is 1.71. The first kappa shape index (κ1) is 10.3. The Hall–Kier alpha value is -0.770. The van der Waals surface area contributed by atoms with Crippen LogP contribution >= 0.6 is 0 Å². The molecule has 0 heterocycles. The van der Waals surface area contributed by atoms with Gasteiger partial charge in [-0.25, -0.2) is 0 Å². The number of nitrogens with one attached hydrogen (secondary N) is 1. The summed E-state index contributed by atoms with van der Waals surface area (Å²) in [4.78, 5) is 0. The molecule has 0 aromatic rings. The van der Waals surface area contributed by atoms with Gasteiger partial charge in [-0.15, -0.1) is 0 Å². The number of hydrogen-bond donors (Lipinski definition) is 3. The van der Waals surface area contributed by atoms with Crippen LogP contribution in [0, 0.1) is 5.41 Å². The first-order chi connectivity index (χ1) is 6.22. The second-order valence-corrected chi connectivity index (χ2v) is 3.94. The van der Waals surface area contributed by atoms with Gasteiger partial charge in [0.15, 0.2) is 5.84 Å². The first-order valence-electron chi connectivity index (χ1n) is 4.89. The van der Waals surface area contributed by atoms with E-state index in [1.807, 2.05) is 0 Å². The van der Waals surface area contributed by atoms with Crippen molar-refractivity contribution in [3.8, 4) is 0 Å². The van der Waals surface area contributed by atoms with Gasteiger partial charge in [0.2, 0.25) is 0 Å². The molecule has 0 aromatic heterocycles. The van der Waals surface area contributed by atoms with Crippen LogP contribution in [0.2, 0.25) is 0 Å². The number of hydrogen-bond acceptors (Lipinski definition) is 3. The molecule has 13 heavy (non-hydrogen) atoms. The van der Waals surface area contributed by atoms with E-state index in [1.165, 1.54) is 25.7 Å². The van der Waals surface area contributed by atoms with E-state index in [1.54, 1.807) is 0 Å². The van der Waals surface area contributed by atoms with Gasteiger partial charge in [-0.2, -0.15) is 0 Å². The van der Waals surface area contributed by atoms with Crippen molar-refractivity contribution >= 4 is 5.84 Å². The lowest BCUT2D eigenvalue weighted by molar-refractivity contribution is 0.316. The Balaban J connectivity index is 2.12. The summed E-state index contributed by atoms with van der Waals surface area (Å²) in [6.07, 6.45) is 5.18. The summed E-state index contributed by atoms with van der Waals surface area (Å²) in [5, 5.41) is 14.4. The van der Waals surface area contributed by atoms with Crippen LogP contribution in [0.5, 0.6) is 0 Å². The van der Waals surface area contributed by atoms with Crippen LogP contribution in [0.3, 0.4) is 0 Å². The maximum Gasteiger partial charge on any atom is 0.153 e. The van der Waals surface area contributed by atoms with E-state index in [0.29, 0.717) is 12.0 Å². The van der Waals surface area contributed by atoms with Crippen LogP contribution < -0.4 is 11.1 Å². The van der Waals surface area contributed by atoms with E-state index in [9.17, 15) is 0 Å². The van der Waals surface area contributed by atoms with Gasteiger partial charge in [-0.3, -0.25) is 0 Å². The van der Waals surface area contributed by atoms with E-state index < -0.39 is 0 Å². The normalized spacial score (nSPS) is 20.2. The van der Waals surface area contributed by atoms with Crippen molar-refractivity contribution in [1.82, 2.24) is 5.32 Å². The molecule has 1 rings (SSSR count). The maximum absolute atomic E-state index is 8.31. The average molecular weight is 185 g/mol. The number of oxime groups is 1. The summed E-state index contributed by atoms with van der Waals surface area (Å²) in [5.74, 6) is 0.257. The highest BCUT2D eigenvalue weighted by atomic mass is 16.4. The summed E-state index contributed by atoms with van der Waals surface area (Å²) in [7, 11) is 0. The molecule has 0 aromatic carbocycles. The number of nitrogens with two attached hydrogens (primary N) is 1. The minimum atomic E-state index is 0.257. The average Bonchev–Trinajstić information content (AvgIpc) is 2.86. The molecule has 1 aliphatic carbocycles. The quantitative estimate of drug-likeness (QED) is 0.249. The predicted molar refractivity (Wildman–Crippen MR) is 52.9 cm³/mol. The summed E-state index contributed by atoms with van der Waals surface area (Å²) in [6, 6.07) is 0. The van der Waals surface area contributed by atoms with Crippen molar-refractivity contribution in [3.05, 3.63) is 0 Å². The van der Waals surface area contributed by atoms with Crippen LogP contribution in [0.1, 0.15) is 32.6 Å². The third kappa shape index (κ3) is 3.22. The SMILES string of the molecule is CCCC1(CNCC(N)=NO)CC1. The number of amidine groups is 1. The lowest BCUT2D eigenvalue weighted by Crippen LogP contribution is -2.33. The van der Waals surface area contributed by atoms with E-state index in [0.717, 1.165) is 6.54 Å². The number of rotatable bonds is 6. The zero-order valence-corrected chi connectivity index (χ0v) is 8.21. The van der Waals surface area contributed by atoms with Gasteiger partial charge in [0.25, 0.3) is 0 Å². The molecule has 76 valence electrons. The Bertz CT molecular complexity index is 187. The zero-order valence-electron chi connectivity index (χ0n) is 8.21. The minimum absolute atomic E-state index is 0.257. The highest BCUT2D eigenvalue weighted by Crippen LogP contribution is 2.48. The van der Waals surface area contributed by atoms with E-state index in [-0.39, 0.29) is 5.84 Å². The molecule has 0 radical (unpaired) electrons. The molecule has 1 fully saturated rings. The molecule has 0 aliphatic heterocycles. The predicted octanol–water partition coefficient (Wildman–Crippen LogP) is 0.903. The smallest absolute Gasteiger partial charge is 0.153 e. The van der Waals surface area contributed by atoms with Crippen LogP contribution in [0.15, 0.2) is 5.16 Å². The molecular weight excluding hydrogens is 166 g/mol. The summed E-state index contributed by atoms with van der Waals surface area (Å²) >= 11 is 0. The van der Waals surface area contributed by atoms with Crippen LogP contribution in [0.25, 0.3) is 0 Å². The molecule has 0 amide bonds. The first-order valence-corrected chi connectivity index (χ1v) is 4.89. The van der Waals surface area contributed by atoms with Crippen LogP contribution in [0.4, 0.5) is 0 Å². The summed E-state index contributed by atoms with van der Waals surface area (Å²) < 4.78 is 0. The van der Waals surface area contributed by atoms with Gasteiger partial charge in [-0.1, -0.05) is 18.5 Å². The Morgan fingerprint density at radius 2 is 2.31 bits per heavy atom. The zero-order chi connectivity index (χ0) is 9.73. The number of nitrogens with zero attached hydrogens (tertiary/aromatic N) is 1.